The van der Waals surface area contributed by atoms with Crippen molar-refractivity contribution in [3.63, 3.8) is 0 Å². The fourth-order valence-electron chi connectivity index (χ4n) is 2.51. The van der Waals surface area contributed by atoms with Crippen molar-refractivity contribution in [2.45, 2.75) is 18.0 Å². The first-order valence-electron chi connectivity index (χ1n) is 8.73. The fraction of sp³-hybridized carbons (Fsp3) is 0.0870. The molecular weight excluding hydrogens is 398 g/mol. The van der Waals surface area contributed by atoms with E-state index < -0.39 is 17.6 Å². The first kappa shape index (κ1) is 20.9. The molecule has 6 heteroatoms. The van der Waals surface area contributed by atoms with Crippen LogP contribution in [-0.4, -0.2) is 5.71 Å². The number of hydrogen-bond donors (Lipinski definition) is 0. The number of alkyl halides is 3. The highest BCUT2D eigenvalue weighted by atomic mass is 32.2. The standard InChI is InChI=1S/C23H17F4NS/c1-16-5-11-21(12-6-16)29-14-13-22(28-20-4-2-3-19(24)15-20)17-7-9-18(10-8-17)23(25,26)27/h2-15H,1H3/b14-13+,28-22-. The maximum Gasteiger partial charge on any atom is 0.416 e. The highest BCUT2D eigenvalue weighted by Gasteiger charge is 2.30. The van der Waals surface area contributed by atoms with Crippen LogP contribution in [0.4, 0.5) is 23.2 Å². The molecular formula is C23H17F4NS. The molecule has 0 spiro atoms. The van der Waals surface area contributed by atoms with Crippen molar-refractivity contribution in [2.75, 3.05) is 0 Å². The molecule has 0 saturated carbocycles. The van der Waals surface area contributed by atoms with Crippen molar-refractivity contribution in [3.8, 4) is 0 Å². The van der Waals surface area contributed by atoms with Crippen LogP contribution in [0, 0.1) is 12.7 Å². The summed E-state index contributed by atoms with van der Waals surface area (Å²) in [5.74, 6) is -0.434. The van der Waals surface area contributed by atoms with E-state index in [9.17, 15) is 17.6 Å². The van der Waals surface area contributed by atoms with Crippen LogP contribution in [0.5, 0.6) is 0 Å². The van der Waals surface area contributed by atoms with Gasteiger partial charge in [-0.15, -0.1) is 0 Å². The molecule has 0 saturated heterocycles. The Morgan fingerprint density at radius 3 is 2.24 bits per heavy atom. The van der Waals surface area contributed by atoms with E-state index >= 15 is 0 Å². The molecule has 29 heavy (non-hydrogen) atoms. The second-order valence-corrected chi connectivity index (χ2v) is 7.26. The van der Waals surface area contributed by atoms with Gasteiger partial charge in [-0.2, -0.15) is 13.2 Å². The van der Waals surface area contributed by atoms with Gasteiger partial charge in [-0.3, -0.25) is 0 Å². The van der Waals surface area contributed by atoms with Gasteiger partial charge in [0.1, 0.15) is 5.82 Å². The van der Waals surface area contributed by atoms with Gasteiger partial charge in [0.05, 0.1) is 17.0 Å². The summed E-state index contributed by atoms with van der Waals surface area (Å²) >= 11 is 1.46. The van der Waals surface area contributed by atoms with Crippen molar-refractivity contribution >= 4 is 23.2 Å². The van der Waals surface area contributed by atoms with Crippen LogP contribution in [0.3, 0.4) is 0 Å². The predicted molar refractivity (Wildman–Crippen MR) is 110 cm³/mol. The summed E-state index contributed by atoms with van der Waals surface area (Å²) in [6, 6.07) is 18.4. The number of allylic oxidation sites excluding steroid dienone is 1. The summed E-state index contributed by atoms with van der Waals surface area (Å²) in [5, 5.41) is 1.81. The summed E-state index contributed by atoms with van der Waals surface area (Å²) < 4.78 is 52.0. The highest BCUT2D eigenvalue weighted by molar-refractivity contribution is 8.02. The monoisotopic (exact) mass is 415 g/mol. The molecule has 3 aromatic rings. The molecule has 0 amide bonds. The Bertz CT molecular complexity index is 1020. The fourth-order valence-corrected chi connectivity index (χ4v) is 3.15. The smallest absolute Gasteiger partial charge is 0.248 e. The minimum absolute atomic E-state index is 0.380. The molecule has 148 valence electrons. The second kappa shape index (κ2) is 9.09. The Morgan fingerprint density at radius 1 is 0.931 bits per heavy atom. The lowest BCUT2D eigenvalue weighted by Crippen LogP contribution is -2.05. The Kier molecular flexibility index (Phi) is 6.54. The minimum Gasteiger partial charge on any atom is -0.248 e. The third-order valence-corrected chi connectivity index (χ3v) is 4.83. The van der Waals surface area contributed by atoms with Crippen LogP contribution in [-0.2, 0) is 6.18 Å². The van der Waals surface area contributed by atoms with E-state index in [4.69, 9.17) is 0 Å². The highest BCUT2D eigenvalue weighted by Crippen LogP contribution is 2.29. The van der Waals surface area contributed by atoms with Gasteiger partial charge < -0.3 is 0 Å². The normalized spacial score (nSPS) is 12.5. The molecule has 0 N–H and O–H groups in total. The second-order valence-electron chi connectivity index (χ2n) is 6.29. The van der Waals surface area contributed by atoms with Gasteiger partial charge in [0, 0.05) is 10.5 Å². The molecule has 0 heterocycles. The minimum atomic E-state index is -4.41. The first-order valence-corrected chi connectivity index (χ1v) is 9.61. The molecule has 0 bridgehead atoms. The molecule has 3 aromatic carbocycles. The van der Waals surface area contributed by atoms with Crippen molar-refractivity contribution < 1.29 is 17.6 Å². The van der Waals surface area contributed by atoms with E-state index in [2.05, 4.69) is 4.99 Å². The van der Waals surface area contributed by atoms with E-state index in [0.29, 0.717) is 17.0 Å². The molecule has 1 nitrogen and oxygen atoms in total. The van der Waals surface area contributed by atoms with Gasteiger partial charge >= 0.3 is 6.18 Å². The average molecular weight is 415 g/mol. The Morgan fingerprint density at radius 2 is 1.62 bits per heavy atom. The molecule has 0 radical (unpaired) electrons. The Labute approximate surface area is 170 Å². The van der Waals surface area contributed by atoms with Crippen LogP contribution in [0.2, 0.25) is 0 Å². The summed E-state index contributed by atoms with van der Waals surface area (Å²) in [6.07, 6.45) is -2.70. The van der Waals surface area contributed by atoms with Gasteiger partial charge in [-0.1, -0.05) is 47.7 Å². The zero-order chi connectivity index (χ0) is 20.9. The van der Waals surface area contributed by atoms with Gasteiger partial charge in [0.15, 0.2) is 0 Å². The zero-order valence-electron chi connectivity index (χ0n) is 15.5. The Balaban J connectivity index is 1.91. The van der Waals surface area contributed by atoms with Crippen molar-refractivity contribution in [1.82, 2.24) is 0 Å². The first-order chi connectivity index (χ1) is 13.8. The lowest BCUT2D eigenvalue weighted by molar-refractivity contribution is -0.137. The van der Waals surface area contributed by atoms with Crippen molar-refractivity contribution in [1.29, 1.82) is 0 Å². The number of nitrogens with zero attached hydrogens (tertiary/aromatic N) is 1. The lowest BCUT2D eigenvalue weighted by Gasteiger charge is -2.08. The number of rotatable bonds is 5. The topological polar surface area (TPSA) is 12.4 Å². The molecule has 3 rings (SSSR count). The quantitative estimate of drug-likeness (QED) is 0.238. The van der Waals surface area contributed by atoms with Crippen LogP contribution >= 0.6 is 11.8 Å². The summed E-state index contributed by atoms with van der Waals surface area (Å²) in [6.45, 7) is 2.00. The van der Waals surface area contributed by atoms with Gasteiger partial charge in [0.25, 0.3) is 0 Å². The number of aliphatic imine (C=N–C) groups is 1. The van der Waals surface area contributed by atoms with E-state index in [1.54, 1.807) is 17.6 Å². The molecule has 0 atom stereocenters. The maximum atomic E-state index is 13.5. The molecule has 0 aromatic heterocycles. The van der Waals surface area contributed by atoms with Crippen LogP contribution < -0.4 is 0 Å². The SMILES string of the molecule is Cc1ccc(S/C=C/C(=N/c2cccc(F)c2)c2ccc(C(F)(F)F)cc2)cc1. The van der Waals surface area contributed by atoms with E-state index in [-0.39, 0.29) is 0 Å². The van der Waals surface area contributed by atoms with Crippen molar-refractivity contribution in [2.24, 2.45) is 4.99 Å². The van der Waals surface area contributed by atoms with Crippen molar-refractivity contribution in [3.05, 3.63) is 107 Å². The van der Waals surface area contributed by atoms with E-state index in [0.717, 1.165) is 22.6 Å². The van der Waals surface area contributed by atoms with E-state index in [1.165, 1.54) is 42.1 Å². The lowest BCUT2D eigenvalue weighted by atomic mass is 10.1. The molecule has 0 aliphatic carbocycles. The summed E-state index contributed by atoms with van der Waals surface area (Å²) in [4.78, 5) is 5.44. The Hall–Kier alpha value is -2.86. The van der Waals surface area contributed by atoms with Gasteiger partial charge in [-0.25, -0.2) is 9.38 Å². The maximum absolute atomic E-state index is 13.5. The number of thioether (sulfide) groups is 1. The van der Waals surface area contributed by atoms with Crippen LogP contribution in [0.25, 0.3) is 0 Å². The number of aryl methyl sites for hydroxylation is 1. The number of hydrogen-bond acceptors (Lipinski definition) is 2. The number of halogens is 4. The summed E-state index contributed by atoms with van der Waals surface area (Å²) in [7, 11) is 0. The van der Waals surface area contributed by atoms with Gasteiger partial charge in [0.2, 0.25) is 0 Å². The largest absolute Gasteiger partial charge is 0.416 e. The molecule has 0 unspecified atom stereocenters. The van der Waals surface area contributed by atoms with Crippen LogP contribution in [0.1, 0.15) is 16.7 Å². The third-order valence-electron chi connectivity index (χ3n) is 4.02. The number of benzene rings is 3. The summed E-state index contributed by atoms with van der Waals surface area (Å²) in [5.41, 5.74) is 1.73. The zero-order valence-corrected chi connectivity index (χ0v) is 16.3. The average Bonchev–Trinajstić information content (AvgIpc) is 2.68. The third kappa shape index (κ3) is 6.06. The molecule has 0 fully saturated rings. The van der Waals surface area contributed by atoms with Crippen LogP contribution in [0.15, 0.2) is 94.2 Å². The van der Waals surface area contributed by atoms with E-state index in [1.807, 2.05) is 31.2 Å². The predicted octanol–water partition coefficient (Wildman–Crippen LogP) is 7.58. The van der Waals surface area contributed by atoms with Gasteiger partial charge in [-0.05, 0) is 60.9 Å². The molecule has 0 aliphatic heterocycles. The molecule has 0 aliphatic rings.